The van der Waals surface area contributed by atoms with E-state index in [0.717, 1.165) is 24.6 Å². The summed E-state index contributed by atoms with van der Waals surface area (Å²) in [5.74, 6) is 0.535. The zero-order valence-corrected chi connectivity index (χ0v) is 10.4. The van der Waals surface area contributed by atoms with E-state index < -0.39 is 5.91 Å². The van der Waals surface area contributed by atoms with Crippen molar-refractivity contribution in [3.05, 3.63) is 42.0 Å². The number of aromatic nitrogens is 2. The highest BCUT2D eigenvalue weighted by Crippen LogP contribution is 2.26. The average Bonchev–Trinajstić information content (AvgIpc) is 2.85. The largest absolute Gasteiger partial charge is 0.399 e. The summed E-state index contributed by atoms with van der Waals surface area (Å²) in [7, 11) is 0. The number of hydrogen-bond acceptors (Lipinski definition) is 4. The molecule has 6 heteroatoms. The minimum Gasteiger partial charge on any atom is -0.399 e. The van der Waals surface area contributed by atoms with E-state index in [-0.39, 0.29) is 0 Å². The lowest BCUT2D eigenvalue weighted by Gasteiger charge is -2.30. The Morgan fingerprint density at radius 2 is 2.16 bits per heavy atom. The van der Waals surface area contributed by atoms with Gasteiger partial charge in [-0.25, -0.2) is 4.98 Å². The van der Waals surface area contributed by atoms with Crippen molar-refractivity contribution < 1.29 is 4.79 Å². The first kappa shape index (κ1) is 11.6. The van der Waals surface area contributed by atoms with Crippen molar-refractivity contribution in [2.45, 2.75) is 13.1 Å². The Morgan fingerprint density at radius 3 is 2.95 bits per heavy atom. The number of anilines is 2. The summed E-state index contributed by atoms with van der Waals surface area (Å²) < 4.78 is 2.10. The Kier molecular flexibility index (Phi) is 2.63. The molecule has 1 amide bonds. The summed E-state index contributed by atoms with van der Waals surface area (Å²) in [5.41, 5.74) is 13.1. The molecule has 2 heterocycles. The number of imidazole rings is 1. The maximum absolute atomic E-state index is 11.5. The van der Waals surface area contributed by atoms with Crippen molar-refractivity contribution in [2.75, 3.05) is 17.2 Å². The topological polar surface area (TPSA) is 90.2 Å². The molecular formula is C13H15N5O. The smallest absolute Gasteiger partial charge is 0.250 e. The van der Waals surface area contributed by atoms with Crippen LogP contribution in [0.1, 0.15) is 16.2 Å². The molecule has 1 aliphatic rings. The van der Waals surface area contributed by atoms with Gasteiger partial charge in [0.25, 0.3) is 5.91 Å². The first-order valence-corrected chi connectivity index (χ1v) is 6.09. The van der Waals surface area contributed by atoms with Crippen molar-refractivity contribution in [3.63, 3.8) is 0 Å². The number of hydrogen-bond donors (Lipinski definition) is 2. The number of amides is 1. The standard InChI is InChI=1S/C13H15N5O/c14-9-1-2-10(13(15)19)11(7-9)18-6-5-17-4-3-16-12(17)8-18/h1-4,7H,5-6,8,14H2,(H2,15,19). The van der Waals surface area contributed by atoms with Gasteiger partial charge in [0.05, 0.1) is 17.8 Å². The van der Waals surface area contributed by atoms with Gasteiger partial charge in [-0.05, 0) is 18.2 Å². The van der Waals surface area contributed by atoms with E-state index in [1.807, 2.05) is 6.20 Å². The van der Waals surface area contributed by atoms with E-state index in [1.165, 1.54) is 0 Å². The molecule has 1 aromatic carbocycles. The first-order chi connectivity index (χ1) is 9.15. The summed E-state index contributed by atoms with van der Waals surface area (Å²) in [4.78, 5) is 17.9. The molecule has 4 N–H and O–H groups in total. The van der Waals surface area contributed by atoms with Crippen LogP contribution in [0.3, 0.4) is 0 Å². The Morgan fingerprint density at radius 1 is 1.32 bits per heavy atom. The van der Waals surface area contributed by atoms with Gasteiger partial charge in [-0.1, -0.05) is 0 Å². The van der Waals surface area contributed by atoms with Crippen molar-refractivity contribution in [3.8, 4) is 0 Å². The van der Waals surface area contributed by atoms with Gasteiger partial charge >= 0.3 is 0 Å². The van der Waals surface area contributed by atoms with E-state index >= 15 is 0 Å². The minimum absolute atomic E-state index is 0.441. The number of carbonyl (C=O) groups is 1. The zero-order valence-electron chi connectivity index (χ0n) is 10.4. The zero-order chi connectivity index (χ0) is 13.4. The van der Waals surface area contributed by atoms with E-state index in [2.05, 4.69) is 14.5 Å². The predicted molar refractivity (Wildman–Crippen MR) is 72.6 cm³/mol. The molecule has 0 atom stereocenters. The quantitative estimate of drug-likeness (QED) is 0.770. The van der Waals surface area contributed by atoms with Crippen molar-refractivity contribution in [2.24, 2.45) is 5.73 Å². The normalized spacial score (nSPS) is 14.2. The highest BCUT2D eigenvalue weighted by atomic mass is 16.1. The van der Waals surface area contributed by atoms with Gasteiger partial charge in [-0.2, -0.15) is 0 Å². The predicted octanol–water partition coefficient (Wildman–Crippen LogP) is 0.584. The molecule has 0 aliphatic carbocycles. The first-order valence-electron chi connectivity index (χ1n) is 6.09. The number of nitrogen functional groups attached to an aromatic ring is 1. The van der Waals surface area contributed by atoms with E-state index in [0.29, 0.717) is 17.8 Å². The number of rotatable bonds is 2. The third kappa shape index (κ3) is 2.01. The van der Waals surface area contributed by atoms with Crippen LogP contribution >= 0.6 is 0 Å². The number of primary amides is 1. The Hall–Kier alpha value is -2.50. The molecule has 3 rings (SSSR count). The second-order valence-corrected chi connectivity index (χ2v) is 4.60. The molecule has 1 aromatic heterocycles. The molecule has 0 unspecified atom stereocenters. The van der Waals surface area contributed by atoms with Crippen LogP contribution in [0.4, 0.5) is 11.4 Å². The molecule has 0 saturated heterocycles. The van der Waals surface area contributed by atoms with Crippen LogP contribution < -0.4 is 16.4 Å². The Bertz CT molecular complexity index is 634. The van der Waals surface area contributed by atoms with Crippen LogP contribution in [0.15, 0.2) is 30.6 Å². The molecular weight excluding hydrogens is 242 g/mol. The number of nitrogens with zero attached hydrogens (tertiary/aromatic N) is 3. The molecule has 6 nitrogen and oxygen atoms in total. The van der Waals surface area contributed by atoms with Crippen molar-refractivity contribution in [1.82, 2.24) is 9.55 Å². The summed E-state index contributed by atoms with van der Waals surface area (Å²) in [6, 6.07) is 5.15. The van der Waals surface area contributed by atoms with Crippen LogP contribution in [0, 0.1) is 0 Å². The third-order valence-electron chi connectivity index (χ3n) is 3.37. The summed E-state index contributed by atoms with van der Waals surface area (Å²) in [6.45, 7) is 2.28. The van der Waals surface area contributed by atoms with Crippen molar-refractivity contribution in [1.29, 1.82) is 0 Å². The van der Waals surface area contributed by atoms with Gasteiger partial charge < -0.3 is 20.9 Å². The van der Waals surface area contributed by atoms with Gasteiger partial charge in [-0.15, -0.1) is 0 Å². The molecule has 98 valence electrons. The highest BCUT2D eigenvalue weighted by Gasteiger charge is 2.20. The Labute approximate surface area is 110 Å². The number of benzene rings is 1. The number of carbonyl (C=O) groups excluding carboxylic acids is 1. The van der Waals surface area contributed by atoms with E-state index in [1.54, 1.807) is 24.4 Å². The van der Waals surface area contributed by atoms with Crippen LogP contribution in [0.5, 0.6) is 0 Å². The van der Waals surface area contributed by atoms with Gasteiger partial charge in [0.15, 0.2) is 0 Å². The molecule has 0 fully saturated rings. The fraction of sp³-hybridized carbons (Fsp3) is 0.231. The second kappa shape index (κ2) is 4.31. The summed E-state index contributed by atoms with van der Waals surface area (Å²) in [5, 5.41) is 0. The maximum Gasteiger partial charge on any atom is 0.250 e. The minimum atomic E-state index is -0.441. The number of fused-ring (bicyclic) bond motifs is 1. The summed E-state index contributed by atoms with van der Waals surface area (Å²) in [6.07, 6.45) is 3.74. The van der Waals surface area contributed by atoms with Crippen LogP contribution in [-0.4, -0.2) is 22.0 Å². The van der Waals surface area contributed by atoms with Crippen molar-refractivity contribution >= 4 is 17.3 Å². The summed E-state index contributed by atoms with van der Waals surface area (Å²) >= 11 is 0. The third-order valence-corrected chi connectivity index (χ3v) is 3.37. The fourth-order valence-corrected chi connectivity index (χ4v) is 2.40. The molecule has 2 aromatic rings. The van der Waals surface area contributed by atoms with Crippen LogP contribution in [0.25, 0.3) is 0 Å². The second-order valence-electron chi connectivity index (χ2n) is 4.60. The van der Waals surface area contributed by atoms with Gasteiger partial charge in [0, 0.05) is 31.2 Å². The lowest BCUT2D eigenvalue weighted by atomic mass is 10.1. The molecule has 19 heavy (non-hydrogen) atoms. The number of nitrogens with two attached hydrogens (primary N) is 2. The lowest BCUT2D eigenvalue weighted by molar-refractivity contribution is 0.100. The molecule has 1 aliphatic heterocycles. The van der Waals surface area contributed by atoms with Crippen LogP contribution in [-0.2, 0) is 13.1 Å². The van der Waals surface area contributed by atoms with Gasteiger partial charge in [0.2, 0.25) is 0 Å². The van der Waals surface area contributed by atoms with Gasteiger partial charge in [-0.3, -0.25) is 4.79 Å². The van der Waals surface area contributed by atoms with E-state index in [4.69, 9.17) is 11.5 Å². The SMILES string of the molecule is NC(=O)c1ccc(N)cc1N1CCn2ccnc2C1. The highest BCUT2D eigenvalue weighted by molar-refractivity contribution is 5.99. The average molecular weight is 257 g/mol. The Balaban J connectivity index is 1.99. The lowest BCUT2D eigenvalue weighted by Crippen LogP contribution is -2.35. The molecule has 0 spiro atoms. The van der Waals surface area contributed by atoms with Crippen LogP contribution in [0.2, 0.25) is 0 Å². The fourth-order valence-electron chi connectivity index (χ4n) is 2.40. The molecule has 0 saturated carbocycles. The van der Waals surface area contributed by atoms with Gasteiger partial charge in [0.1, 0.15) is 5.82 Å². The molecule has 0 bridgehead atoms. The molecule has 0 radical (unpaired) electrons. The van der Waals surface area contributed by atoms with E-state index in [9.17, 15) is 4.79 Å². The monoisotopic (exact) mass is 257 g/mol. The maximum atomic E-state index is 11.5.